The van der Waals surface area contributed by atoms with Crippen molar-refractivity contribution >= 4 is 23.8 Å². The van der Waals surface area contributed by atoms with Gasteiger partial charge in [-0.25, -0.2) is 9.59 Å². The molecule has 36 heavy (non-hydrogen) atoms. The Morgan fingerprint density at radius 1 is 0.944 bits per heavy atom. The monoisotopic (exact) mass is 503 g/mol. The Kier molecular flexibility index (Phi) is 8.70. The number of nitrogens with zero attached hydrogens (tertiary/aromatic N) is 1. The van der Waals surface area contributed by atoms with E-state index in [4.69, 9.17) is 9.47 Å². The second kappa shape index (κ2) is 12.1. The summed E-state index contributed by atoms with van der Waals surface area (Å²) in [5.74, 6) is 0.531. The maximum Gasteiger partial charge on any atom is 0.410 e. The number of hydrogen-bond acceptors (Lipinski definition) is 5. The van der Waals surface area contributed by atoms with Crippen molar-refractivity contribution in [3.05, 3.63) is 96.1 Å². The largest absolute Gasteiger partial charge is 0.467 e. The number of esters is 1. The zero-order chi connectivity index (χ0) is 25.4. The van der Waals surface area contributed by atoms with Gasteiger partial charge < -0.3 is 9.47 Å². The van der Waals surface area contributed by atoms with Gasteiger partial charge in [0.05, 0.1) is 11.9 Å². The lowest BCUT2D eigenvalue weighted by atomic mass is 9.93. The minimum absolute atomic E-state index is 0.159. The molecule has 1 unspecified atom stereocenters. The Balaban J connectivity index is 1.61. The second-order valence-electron chi connectivity index (χ2n) is 9.05. The fraction of sp³-hybridized carbons (Fsp3) is 0.333. The number of carbonyl (C=O) groups is 2. The zero-order valence-corrected chi connectivity index (χ0v) is 21.7. The highest BCUT2D eigenvalue weighted by Gasteiger charge is 2.51. The van der Waals surface area contributed by atoms with Gasteiger partial charge in [0.25, 0.3) is 0 Å². The fourth-order valence-electron chi connectivity index (χ4n) is 4.62. The molecule has 0 bridgehead atoms. The number of methoxy groups -OCH3 is 1. The number of rotatable bonds is 9. The molecule has 0 saturated carbocycles. The van der Waals surface area contributed by atoms with E-state index in [0.29, 0.717) is 13.0 Å². The van der Waals surface area contributed by atoms with E-state index in [9.17, 15) is 9.59 Å². The van der Waals surface area contributed by atoms with Crippen molar-refractivity contribution in [2.45, 2.75) is 43.6 Å². The van der Waals surface area contributed by atoms with E-state index < -0.39 is 22.9 Å². The zero-order valence-electron chi connectivity index (χ0n) is 20.9. The van der Waals surface area contributed by atoms with E-state index in [-0.39, 0.29) is 6.61 Å². The molecule has 1 saturated heterocycles. The van der Waals surface area contributed by atoms with Gasteiger partial charge in [-0.15, -0.1) is 11.8 Å². The van der Waals surface area contributed by atoms with Gasteiger partial charge in [0.15, 0.2) is 0 Å². The molecule has 0 aromatic heterocycles. The van der Waals surface area contributed by atoms with Crippen LogP contribution in [0.4, 0.5) is 4.79 Å². The van der Waals surface area contributed by atoms with Crippen LogP contribution in [0.5, 0.6) is 0 Å². The second-order valence-corrected chi connectivity index (χ2v) is 10.5. The molecule has 1 aliphatic heterocycles. The van der Waals surface area contributed by atoms with Crippen LogP contribution in [-0.2, 0) is 25.6 Å². The van der Waals surface area contributed by atoms with Crippen molar-refractivity contribution in [3.8, 4) is 11.1 Å². The van der Waals surface area contributed by atoms with Crippen molar-refractivity contribution in [2.24, 2.45) is 0 Å². The molecule has 4 rings (SSSR count). The highest BCUT2D eigenvalue weighted by atomic mass is 32.2. The fourth-order valence-corrected chi connectivity index (χ4v) is 6.25. The summed E-state index contributed by atoms with van der Waals surface area (Å²) in [6.45, 7) is 2.71. The lowest BCUT2D eigenvalue weighted by molar-refractivity contribution is -0.145. The number of benzene rings is 3. The molecule has 5 nitrogen and oxygen atoms in total. The van der Waals surface area contributed by atoms with Crippen LogP contribution in [0.2, 0.25) is 0 Å². The maximum absolute atomic E-state index is 13.2. The molecule has 0 spiro atoms. The third kappa shape index (κ3) is 5.93. The molecular weight excluding hydrogens is 470 g/mol. The first kappa shape index (κ1) is 25.8. The summed E-state index contributed by atoms with van der Waals surface area (Å²) < 4.78 is 10.3. The molecule has 6 heteroatoms. The van der Waals surface area contributed by atoms with E-state index in [1.54, 1.807) is 4.90 Å². The Morgan fingerprint density at radius 2 is 1.58 bits per heavy atom. The van der Waals surface area contributed by atoms with Crippen molar-refractivity contribution in [3.63, 3.8) is 0 Å². The van der Waals surface area contributed by atoms with Crippen molar-refractivity contribution in [1.29, 1.82) is 0 Å². The molecule has 1 aliphatic rings. The lowest BCUT2D eigenvalue weighted by Gasteiger charge is -2.29. The first-order valence-corrected chi connectivity index (χ1v) is 13.4. The summed E-state index contributed by atoms with van der Waals surface area (Å²) in [5.41, 5.74) is 4.30. The van der Waals surface area contributed by atoms with E-state index in [1.165, 1.54) is 7.11 Å². The third-order valence-corrected chi connectivity index (χ3v) is 8.21. The Hall–Kier alpha value is -3.25. The first-order valence-electron chi connectivity index (χ1n) is 12.4. The normalized spacial score (nSPS) is 19.2. The number of likely N-dealkylation sites (tertiary alicyclic amines) is 1. The van der Waals surface area contributed by atoms with Gasteiger partial charge in [-0.05, 0) is 40.8 Å². The minimum Gasteiger partial charge on any atom is -0.467 e. The number of amides is 1. The summed E-state index contributed by atoms with van der Waals surface area (Å²) in [5, 5.41) is 0. The van der Waals surface area contributed by atoms with Crippen LogP contribution in [-0.4, -0.2) is 42.4 Å². The molecule has 0 N–H and O–H groups in total. The summed E-state index contributed by atoms with van der Waals surface area (Å²) >= 11 is 1.82. The summed E-state index contributed by atoms with van der Waals surface area (Å²) in [4.78, 5) is 27.6. The predicted octanol–water partition coefficient (Wildman–Crippen LogP) is 6.67. The average molecular weight is 504 g/mol. The van der Waals surface area contributed by atoms with Gasteiger partial charge in [-0.1, -0.05) is 98.3 Å². The Morgan fingerprint density at radius 3 is 2.22 bits per heavy atom. The van der Waals surface area contributed by atoms with Crippen LogP contribution < -0.4 is 0 Å². The molecule has 188 valence electrons. The highest BCUT2D eigenvalue weighted by molar-refractivity contribution is 8.00. The number of thioether (sulfide) groups is 1. The van der Waals surface area contributed by atoms with Gasteiger partial charge in [0.2, 0.25) is 0 Å². The predicted molar refractivity (Wildman–Crippen MR) is 145 cm³/mol. The van der Waals surface area contributed by atoms with Gasteiger partial charge in [-0.2, -0.15) is 0 Å². The number of hydrogen-bond donors (Lipinski definition) is 0. The third-order valence-electron chi connectivity index (χ3n) is 6.63. The first-order chi connectivity index (χ1) is 17.6. The molecule has 3 aromatic rings. The van der Waals surface area contributed by atoms with Crippen LogP contribution in [0.1, 0.15) is 37.3 Å². The SMILES string of the molecule is CCCCS[C@@]1(c2ccc(-c3ccccc3)cc2)CC(C(=O)OC)N(C(=O)OCc2ccccc2)C1. The molecule has 2 atom stereocenters. The maximum atomic E-state index is 13.2. The summed E-state index contributed by atoms with van der Waals surface area (Å²) in [6, 6.07) is 27.6. The highest BCUT2D eigenvalue weighted by Crippen LogP contribution is 2.48. The molecule has 0 radical (unpaired) electrons. The van der Waals surface area contributed by atoms with Crippen LogP contribution in [0.25, 0.3) is 11.1 Å². The number of carbonyl (C=O) groups excluding carboxylic acids is 2. The Labute approximate surface area is 217 Å². The van der Waals surface area contributed by atoms with Gasteiger partial charge in [-0.3, -0.25) is 4.90 Å². The molecule has 0 aliphatic carbocycles. The van der Waals surface area contributed by atoms with Gasteiger partial charge in [0.1, 0.15) is 12.6 Å². The Bertz CT molecular complexity index is 1140. The van der Waals surface area contributed by atoms with Crippen LogP contribution in [0, 0.1) is 0 Å². The van der Waals surface area contributed by atoms with Gasteiger partial charge in [0, 0.05) is 6.54 Å². The minimum atomic E-state index is -0.693. The number of unbranched alkanes of at least 4 members (excludes halogenated alkanes) is 1. The van der Waals surface area contributed by atoms with Gasteiger partial charge >= 0.3 is 12.1 Å². The molecule has 3 aromatic carbocycles. The van der Waals surface area contributed by atoms with Crippen molar-refractivity contribution < 1.29 is 19.1 Å². The van der Waals surface area contributed by atoms with E-state index >= 15 is 0 Å². The topological polar surface area (TPSA) is 55.8 Å². The standard InChI is InChI=1S/C30H33NO4S/c1-3-4-19-36-30(26-17-15-25(16-18-26)24-13-9-6-10-14-24)20-27(28(32)34-2)31(22-30)29(33)35-21-23-11-7-5-8-12-23/h5-18,27H,3-4,19-22H2,1-2H3/t27?,30-/m0/s1. The lowest BCUT2D eigenvalue weighted by Crippen LogP contribution is -2.41. The summed E-state index contributed by atoms with van der Waals surface area (Å²) in [7, 11) is 1.37. The molecule has 1 amide bonds. The molecule has 1 fully saturated rings. The number of ether oxygens (including phenoxy) is 2. The molecule has 1 heterocycles. The van der Waals surface area contributed by atoms with Crippen LogP contribution in [0.3, 0.4) is 0 Å². The average Bonchev–Trinajstić information content (AvgIpc) is 3.34. The quantitative estimate of drug-likeness (QED) is 0.241. The van der Waals surface area contributed by atoms with Crippen molar-refractivity contribution in [1.82, 2.24) is 4.90 Å². The van der Waals surface area contributed by atoms with E-state index in [1.807, 2.05) is 60.3 Å². The smallest absolute Gasteiger partial charge is 0.410 e. The van der Waals surface area contributed by atoms with Crippen molar-refractivity contribution in [2.75, 3.05) is 19.4 Å². The van der Waals surface area contributed by atoms with E-state index in [0.717, 1.165) is 40.8 Å². The molecular formula is C30H33NO4S. The van der Waals surface area contributed by atoms with Crippen LogP contribution >= 0.6 is 11.8 Å². The summed E-state index contributed by atoms with van der Waals surface area (Å²) in [6.07, 6.45) is 2.14. The van der Waals surface area contributed by atoms with E-state index in [2.05, 4.69) is 43.3 Å². The van der Waals surface area contributed by atoms with Crippen LogP contribution in [0.15, 0.2) is 84.9 Å².